The molecule has 0 N–H and O–H groups in total. The maximum absolute atomic E-state index is 12.7. The Kier molecular flexibility index (Phi) is 6.66. The smallest absolute Gasteiger partial charge is 0.346 e. The SMILES string of the molecule is COc1cc2c(cc1OC)CN(C(=O)COC(=O)c1c(OC)cccc1OC)CC2. The number of ether oxygens (including phenoxy) is 5. The van der Waals surface area contributed by atoms with Gasteiger partial charge in [-0.3, -0.25) is 4.79 Å². The first-order chi connectivity index (χ1) is 14.5. The van der Waals surface area contributed by atoms with Crippen molar-refractivity contribution in [3.63, 3.8) is 0 Å². The first kappa shape index (κ1) is 21.3. The first-order valence-electron chi connectivity index (χ1n) is 9.42. The van der Waals surface area contributed by atoms with Crippen LogP contribution in [0.3, 0.4) is 0 Å². The van der Waals surface area contributed by atoms with Gasteiger partial charge in [0, 0.05) is 13.1 Å². The highest BCUT2D eigenvalue weighted by Crippen LogP contribution is 2.33. The molecule has 1 heterocycles. The van der Waals surface area contributed by atoms with Gasteiger partial charge in [0.1, 0.15) is 17.1 Å². The third-order valence-electron chi connectivity index (χ3n) is 5.03. The molecule has 160 valence electrons. The fourth-order valence-corrected chi connectivity index (χ4v) is 3.44. The van der Waals surface area contributed by atoms with E-state index in [1.54, 1.807) is 37.3 Å². The molecule has 30 heavy (non-hydrogen) atoms. The molecular weight excluding hydrogens is 390 g/mol. The maximum atomic E-state index is 12.7. The van der Waals surface area contributed by atoms with Crippen LogP contribution >= 0.6 is 0 Å². The van der Waals surface area contributed by atoms with Crippen LogP contribution in [0.5, 0.6) is 23.0 Å². The topological polar surface area (TPSA) is 83.5 Å². The highest BCUT2D eigenvalue weighted by atomic mass is 16.5. The highest BCUT2D eigenvalue weighted by molar-refractivity contribution is 5.96. The Labute approximate surface area is 175 Å². The number of nitrogens with zero attached hydrogens (tertiary/aromatic N) is 1. The molecule has 0 saturated heterocycles. The number of rotatable bonds is 7. The van der Waals surface area contributed by atoms with Gasteiger partial charge in [-0.1, -0.05) is 6.07 Å². The lowest BCUT2D eigenvalue weighted by atomic mass is 9.99. The van der Waals surface area contributed by atoms with Crippen molar-refractivity contribution in [2.75, 3.05) is 41.6 Å². The van der Waals surface area contributed by atoms with Gasteiger partial charge in [0.05, 0.1) is 28.4 Å². The van der Waals surface area contributed by atoms with Gasteiger partial charge in [-0.2, -0.15) is 0 Å². The molecule has 0 fully saturated rings. The van der Waals surface area contributed by atoms with Gasteiger partial charge in [0.25, 0.3) is 5.91 Å². The van der Waals surface area contributed by atoms with Crippen LogP contribution in [0.25, 0.3) is 0 Å². The Morgan fingerprint density at radius 3 is 2.00 bits per heavy atom. The van der Waals surface area contributed by atoms with Gasteiger partial charge in [0.15, 0.2) is 18.1 Å². The molecule has 0 bridgehead atoms. The minimum Gasteiger partial charge on any atom is -0.496 e. The van der Waals surface area contributed by atoms with Gasteiger partial charge < -0.3 is 28.6 Å². The van der Waals surface area contributed by atoms with Crippen molar-refractivity contribution in [3.8, 4) is 23.0 Å². The molecule has 1 aliphatic heterocycles. The zero-order valence-electron chi connectivity index (χ0n) is 17.5. The molecular formula is C22H25NO7. The second kappa shape index (κ2) is 9.39. The van der Waals surface area contributed by atoms with Gasteiger partial charge in [-0.15, -0.1) is 0 Å². The number of carbonyl (C=O) groups is 2. The van der Waals surface area contributed by atoms with E-state index in [1.165, 1.54) is 14.2 Å². The van der Waals surface area contributed by atoms with Gasteiger partial charge in [0.2, 0.25) is 0 Å². The normalized spacial score (nSPS) is 12.6. The highest BCUT2D eigenvalue weighted by Gasteiger charge is 2.25. The van der Waals surface area contributed by atoms with Crippen molar-refractivity contribution < 1.29 is 33.3 Å². The number of hydrogen-bond donors (Lipinski definition) is 0. The summed E-state index contributed by atoms with van der Waals surface area (Å²) in [7, 11) is 6.06. The van der Waals surface area contributed by atoms with Crippen LogP contribution < -0.4 is 18.9 Å². The molecule has 0 atom stereocenters. The molecule has 8 heteroatoms. The van der Waals surface area contributed by atoms with E-state index in [9.17, 15) is 9.59 Å². The predicted molar refractivity (Wildman–Crippen MR) is 108 cm³/mol. The quantitative estimate of drug-likeness (QED) is 0.643. The third kappa shape index (κ3) is 4.27. The van der Waals surface area contributed by atoms with Crippen molar-refractivity contribution in [2.24, 2.45) is 0 Å². The van der Waals surface area contributed by atoms with Crippen LogP contribution in [0.1, 0.15) is 21.5 Å². The number of methoxy groups -OCH3 is 4. The summed E-state index contributed by atoms with van der Waals surface area (Å²) in [4.78, 5) is 26.9. The number of hydrogen-bond acceptors (Lipinski definition) is 7. The fourth-order valence-electron chi connectivity index (χ4n) is 3.44. The van der Waals surface area contributed by atoms with Crippen molar-refractivity contribution in [1.29, 1.82) is 0 Å². The monoisotopic (exact) mass is 415 g/mol. The summed E-state index contributed by atoms with van der Waals surface area (Å²) in [6.07, 6.45) is 0.676. The Morgan fingerprint density at radius 2 is 1.43 bits per heavy atom. The molecule has 0 aliphatic carbocycles. The maximum Gasteiger partial charge on any atom is 0.346 e. The Morgan fingerprint density at radius 1 is 0.867 bits per heavy atom. The zero-order valence-corrected chi connectivity index (χ0v) is 17.5. The summed E-state index contributed by atoms with van der Waals surface area (Å²) in [6, 6.07) is 8.77. The zero-order chi connectivity index (χ0) is 21.7. The van der Waals surface area contributed by atoms with Crippen LogP contribution in [0.2, 0.25) is 0 Å². The molecule has 0 aromatic heterocycles. The largest absolute Gasteiger partial charge is 0.496 e. The summed E-state index contributed by atoms with van der Waals surface area (Å²) < 4.78 is 26.4. The van der Waals surface area contributed by atoms with Gasteiger partial charge >= 0.3 is 5.97 Å². The minimum atomic E-state index is -0.679. The van der Waals surface area contributed by atoms with E-state index in [0.717, 1.165) is 11.1 Å². The molecule has 1 amide bonds. The Bertz CT molecular complexity index is 919. The van der Waals surface area contributed by atoms with Crippen molar-refractivity contribution >= 4 is 11.9 Å². The fraction of sp³-hybridized carbons (Fsp3) is 0.364. The van der Waals surface area contributed by atoms with E-state index < -0.39 is 5.97 Å². The van der Waals surface area contributed by atoms with Gasteiger partial charge in [-0.05, 0) is 41.8 Å². The standard InChI is InChI=1S/C22H25NO7/c1-26-16-6-5-7-17(27-2)21(16)22(25)30-13-20(24)23-9-8-14-10-18(28-3)19(29-4)11-15(14)12-23/h5-7,10-11H,8-9,12-13H2,1-4H3. The number of carbonyl (C=O) groups excluding carboxylic acids is 2. The minimum absolute atomic E-state index is 0.149. The molecule has 3 rings (SSSR count). The lowest BCUT2D eigenvalue weighted by Crippen LogP contribution is -2.38. The molecule has 0 radical (unpaired) electrons. The van der Waals surface area contributed by atoms with Crippen molar-refractivity contribution in [1.82, 2.24) is 4.90 Å². The number of fused-ring (bicyclic) bond motifs is 1. The average Bonchev–Trinajstić information content (AvgIpc) is 2.80. The lowest BCUT2D eigenvalue weighted by Gasteiger charge is -2.29. The molecule has 2 aromatic carbocycles. The molecule has 0 spiro atoms. The summed E-state index contributed by atoms with van der Waals surface area (Å²) in [6.45, 7) is 0.559. The summed E-state index contributed by atoms with van der Waals surface area (Å²) in [5.41, 5.74) is 2.23. The summed E-state index contributed by atoms with van der Waals surface area (Å²) in [5.74, 6) is 0.953. The van der Waals surface area contributed by atoms with Crippen LogP contribution in [-0.2, 0) is 22.5 Å². The van der Waals surface area contributed by atoms with Crippen LogP contribution in [-0.4, -0.2) is 58.4 Å². The number of benzene rings is 2. The van der Waals surface area contributed by atoms with Crippen LogP contribution in [0.4, 0.5) is 0 Å². The molecule has 2 aromatic rings. The number of esters is 1. The molecule has 0 saturated carbocycles. The van der Waals surface area contributed by atoms with E-state index in [1.807, 2.05) is 12.1 Å². The summed E-state index contributed by atoms with van der Waals surface area (Å²) >= 11 is 0. The second-order valence-electron chi connectivity index (χ2n) is 6.65. The van der Waals surface area contributed by atoms with E-state index in [4.69, 9.17) is 23.7 Å². The molecule has 0 unspecified atom stereocenters. The van der Waals surface area contributed by atoms with Crippen LogP contribution in [0, 0.1) is 0 Å². The lowest BCUT2D eigenvalue weighted by molar-refractivity contribution is -0.135. The van der Waals surface area contributed by atoms with Gasteiger partial charge in [-0.25, -0.2) is 4.79 Å². The Balaban J connectivity index is 1.68. The third-order valence-corrected chi connectivity index (χ3v) is 5.03. The van der Waals surface area contributed by atoms with Crippen molar-refractivity contribution in [3.05, 3.63) is 47.0 Å². The molecule has 8 nitrogen and oxygen atoms in total. The van der Waals surface area contributed by atoms with Crippen molar-refractivity contribution in [2.45, 2.75) is 13.0 Å². The van der Waals surface area contributed by atoms with E-state index in [0.29, 0.717) is 42.5 Å². The van der Waals surface area contributed by atoms with Crippen LogP contribution in [0.15, 0.2) is 30.3 Å². The second-order valence-corrected chi connectivity index (χ2v) is 6.65. The van der Waals surface area contributed by atoms with E-state index >= 15 is 0 Å². The van der Waals surface area contributed by atoms with E-state index in [-0.39, 0.29) is 18.1 Å². The first-order valence-corrected chi connectivity index (χ1v) is 9.42. The molecule has 1 aliphatic rings. The average molecular weight is 415 g/mol. The van der Waals surface area contributed by atoms with E-state index in [2.05, 4.69) is 0 Å². The predicted octanol–water partition coefficient (Wildman–Crippen LogP) is 2.46. The summed E-state index contributed by atoms with van der Waals surface area (Å²) in [5, 5.41) is 0. The number of amides is 1. The Hall–Kier alpha value is -3.42.